The summed E-state index contributed by atoms with van der Waals surface area (Å²) in [6.45, 7) is 15.1. The van der Waals surface area contributed by atoms with Gasteiger partial charge in [-0.3, -0.25) is 4.79 Å². The largest absolute Gasteiger partial charge is 0.299 e. The molecule has 8 aliphatic rings. The fraction of sp³-hybridized carbons (Fsp3) is 0.881. The van der Waals surface area contributed by atoms with Crippen molar-refractivity contribution in [1.29, 1.82) is 0 Å². The molecular weight excluding hydrogens is 562 g/mol. The van der Waals surface area contributed by atoms with Crippen molar-refractivity contribution in [3.8, 4) is 0 Å². The summed E-state index contributed by atoms with van der Waals surface area (Å²) in [5, 5.41) is 4.03. The maximum absolute atomic E-state index is 11.9. The monoisotopic (exact) mass is 628 g/mol. The second-order valence-corrected chi connectivity index (χ2v) is 18.8. The van der Waals surface area contributed by atoms with E-state index >= 15 is 0 Å². The van der Waals surface area contributed by atoms with Crippen LogP contribution in [0.15, 0.2) is 28.4 Å². The zero-order chi connectivity index (χ0) is 32.5. The third kappa shape index (κ3) is 4.95. The van der Waals surface area contributed by atoms with Crippen LogP contribution in [0.3, 0.4) is 0 Å². The summed E-state index contributed by atoms with van der Waals surface area (Å²) in [5.41, 5.74) is 13.9. The highest BCUT2D eigenvalue weighted by molar-refractivity contribution is 5.82. The minimum atomic E-state index is 0.204. The van der Waals surface area contributed by atoms with Crippen molar-refractivity contribution in [3.63, 3.8) is 0 Å². The van der Waals surface area contributed by atoms with Crippen molar-refractivity contribution in [2.75, 3.05) is 0 Å². The molecule has 0 amide bonds. The molecule has 8 aliphatic carbocycles. The Bertz CT molecular complexity index is 1310. The van der Waals surface area contributed by atoms with Gasteiger partial charge >= 0.3 is 0 Å². The number of hydrogen-bond acceptors (Lipinski definition) is 2. The van der Waals surface area contributed by atoms with E-state index in [1.165, 1.54) is 89.0 Å². The normalized spacial score (nSPS) is 50.5. The summed E-state index contributed by atoms with van der Waals surface area (Å²) in [4.78, 5) is 15.0. The molecule has 0 aliphatic heterocycles. The maximum Gasteiger partial charge on any atom is 0.136 e. The van der Waals surface area contributed by atoms with Gasteiger partial charge in [0.1, 0.15) is 5.78 Å². The molecule has 0 N–H and O–H groups in total. The lowest BCUT2D eigenvalue weighted by Gasteiger charge is -2.58. The number of Topliss-reactive ketones (excluding diaryl/α,β-unsaturated/α-hetero) is 1. The minimum Gasteiger partial charge on any atom is -0.299 e. The molecule has 13 atom stereocenters. The van der Waals surface area contributed by atoms with Crippen LogP contribution >= 0.6 is 0 Å². The summed E-state index contributed by atoms with van der Waals surface area (Å²) < 4.78 is 0. The number of rotatable bonds is 3. The van der Waals surface area contributed by atoms with E-state index in [4.69, 9.17) is 5.53 Å². The summed E-state index contributed by atoms with van der Waals surface area (Å²) in [7, 11) is 0. The lowest BCUT2D eigenvalue weighted by molar-refractivity contribution is -0.122. The first kappa shape index (κ1) is 33.0. The van der Waals surface area contributed by atoms with Gasteiger partial charge in [0.15, 0.2) is 0 Å². The maximum atomic E-state index is 11.9. The molecule has 0 aromatic carbocycles. The first-order valence-electron chi connectivity index (χ1n) is 20.0. The highest BCUT2D eigenvalue weighted by Gasteiger charge is 2.59. The third-order valence-corrected chi connectivity index (χ3v) is 17.6. The Labute approximate surface area is 281 Å². The van der Waals surface area contributed by atoms with Crippen LogP contribution in [0.25, 0.3) is 10.4 Å². The molecule has 0 aromatic heterocycles. The molecule has 254 valence electrons. The number of fused-ring (bicyclic) bond motifs is 10. The Hall–Kier alpha value is -1.54. The molecule has 6 unspecified atom stereocenters. The second-order valence-electron chi connectivity index (χ2n) is 18.8. The van der Waals surface area contributed by atoms with Crippen LogP contribution in [0.2, 0.25) is 0 Å². The number of nitrogens with zero attached hydrogens (tertiary/aromatic N) is 3. The van der Waals surface area contributed by atoms with Crippen LogP contribution < -0.4 is 0 Å². The van der Waals surface area contributed by atoms with E-state index in [1.807, 2.05) is 0 Å². The van der Waals surface area contributed by atoms with Gasteiger partial charge in [-0.25, -0.2) is 0 Å². The standard InChI is InChI=1S/C21H33N3.C21H32O/c1-4-14-6-8-18-17-7-5-15-13-16(23-24-22)9-11-21(15,3)19(17)10-12-20(14,18)2;1-4-14-6-8-18-17-7-5-15-13-16(22)9-11-21(15,3)19(17)10-12-20(14,18)2/h5,14,16-19H,4,6-13H2,1-3H3;5,14,17-19H,4,6-13H2,1-3H3/t14-,16+,17?,18?,19?,20+,21-;14-,17?,18?,19?,20+,21-/m00/s1. The predicted octanol–water partition coefficient (Wildman–Crippen LogP) is 12.2. The molecule has 0 spiro atoms. The lowest BCUT2D eigenvalue weighted by atomic mass is 9.47. The molecule has 4 heteroatoms. The van der Waals surface area contributed by atoms with Gasteiger partial charge < -0.3 is 0 Å². The molecule has 4 nitrogen and oxygen atoms in total. The van der Waals surface area contributed by atoms with Gasteiger partial charge in [-0.15, -0.1) is 0 Å². The van der Waals surface area contributed by atoms with Crippen molar-refractivity contribution in [1.82, 2.24) is 0 Å². The topological polar surface area (TPSA) is 65.8 Å². The van der Waals surface area contributed by atoms with E-state index in [2.05, 4.69) is 63.7 Å². The fourth-order valence-electron chi connectivity index (χ4n) is 14.8. The van der Waals surface area contributed by atoms with Gasteiger partial charge in [0.25, 0.3) is 0 Å². The number of allylic oxidation sites excluding steroid dienone is 3. The lowest BCUT2D eigenvalue weighted by Crippen LogP contribution is -2.50. The minimum absolute atomic E-state index is 0.204. The quantitative estimate of drug-likeness (QED) is 0.133. The SMILES string of the molecule is CC[C@H]1CCC2C3CC=C4CC(=O)CC[C@]4(C)C3CC[C@@]21C.CC[C@H]1CCC2C3CC=C4C[C@H](N=[N+]=[N-])CC[C@]4(C)C3CC[C@@]21C. The van der Waals surface area contributed by atoms with Gasteiger partial charge in [-0.1, -0.05) is 82.8 Å². The van der Waals surface area contributed by atoms with E-state index in [0.717, 1.165) is 79.4 Å². The van der Waals surface area contributed by atoms with Crippen LogP contribution in [-0.2, 0) is 4.79 Å². The number of carbonyl (C=O) groups excluding carboxylic acids is 1. The molecule has 0 bridgehead atoms. The second kappa shape index (κ2) is 12.1. The highest BCUT2D eigenvalue weighted by Crippen LogP contribution is 2.68. The average molecular weight is 628 g/mol. The Kier molecular flexibility index (Phi) is 8.68. The zero-order valence-corrected chi connectivity index (χ0v) is 30.3. The van der Waals surface area contributed by atoms with E-state index < -0.39 is 0 Å². The molecule has 0 saturated heterocycles. The first-order valence-corrected chi connectivity index (χ1v) is 20.0. The van der Waals surface area contributed by atoms with Crippen LogP contribution in [0.1, 0.15) is 157 Å². The van der Waals surface area contributed by atoms with Gasteiger partial charge in [-0.05, 0) is 164 Å². The smallest absolute Gasteiger partial charge is 0.136 e. The summed E-state index contributed by atoms with van der Waals surface area (Å²) >= 11 is 0. The molecule has 0 radical (unpaired) electrons. The fourth-order valence-corrected chi connectivity index (χ4v) is 14.8. The molecule has 0 heterocycles. The molecule has 6 saturated carbocycles. The van der Waals surface area contributed by atoms with Gasteiger partial charge in [-0.2, -0.15) is 0 Å². The Balaban J connectivity index is 0.000000147. The summed E-state index contributed by atoms with van der Waals surface area (Å²) in [6.07, 6.45) is 28.0. The van der Waals surface area contributed by atoms with E-state index in [-0.39, 0.29) is 6.04 Å². The van der Waals surface area contributed by atoms with Crippen LogP contribution in [0.4, 0.5) is 0 Å². The number of carbonyl (C=O) groups is 1. The average Bonchev–Trinajstić information content (AvgIpc) is 3.57. The third-order valence-electron chi connectivity index (χ3n) is 17.6. The van der Waals surface area contributed by atoms with Crippen molar-refractivity contribution in [2.24, 2.45) is 74.1 Å². The predicted molar refractivity (Wildman–Crippen MR) is 189 cm³/mol. The molecular formula is C42H65N3O. The number of hydrogen-bond donors (Lipinski definition) is 0. The van der Waals surface area contributed by atoms with E-state index in [9.17, 15) is 4.79 Å². The van der Waals surface area contributed by atoms with Crippen molar-refractivity contribution in [3.05, 3.63) is 33.7 Å². The van der Waals surface area contributed by atoms with Gasteiger partial charge in [0.2, 0.25) is 0 Å². The summed E-state index contributed by atoms with van der Waals surface area (Å²) in [6, 6.07) is 0.204. The van der Waals surface area contributed by atoms with Crippen molar-refractivity contribution < 1.29 is 4.79 Å². The van der Waals surface area contributed by atoms with Gasteiger partial charge in [0, 0.05) is 23.8 Å². The highest BCUT2D eigenvalue weighted by atomic mass is 16.1. The Morgan fingerprint density at radius 2 is 1.26 bits per heavy atom. The number of azide groups is 1. The zero-order valence-electron chi connectivity index (χ0n) is 30.3. The van der Waals surface area contributed by atoms with Crippen LogP contribution in [0.5, 0.6) is 0 Å². The van der Waals surface area contributed by atoms with E-state index in [0.29, 0.717) is 27.4 Å². The number of ketones is 1. The Morgan fingerprint density at radius 3 is 1.80 bits per heavy atom. The molecule has 8 rings (SSSR count). The van der Waals surface area contributed by atoms with Crippen molar-refractivity contribution in [2.45, 2.75) is 163 Å². The Morgan fingerprint density at radius 1 is 0.717 bits per heavy atom. The van der Waals surface area contributed by atoms with Crippen LogP contribution in [0, 0.1) is 69.0 Å². The van der Waals surface area contributed by atoms with E-state index in [1.54, 1.807) is 5.57 Å². The molecule has 6 fully saturated rings. The van der Waals surface area contributed by atoms with Crippen molar-refractivity contribution >= 4 is 5.78 Å². The van der Waals surface area contributed by atoms with Crippen LogP contribution in [-0.4, -0.2) is 11.8 Å². The first-order chi connectivity index (χ1) is 22.0. The molecule has 46 heavy (non-hydrogen) atoms. The summed E-state index contributed by atoms with van der Waals surface area (Å²) in [5.74, 6) is 7.84. The van der Waals surface area contributed by atoms with Gasteiger partial charge in [0.05, 0.1) is 0 Å². The molecule has 0 aromatic rings.